The maximum absolute atomic E-state index is 12.5. The highest BCUT2D eigenvalue weighted by Gasteiger charge is 2.51. The Labute approximate surface area is 129 Å². The highest BCUT2D eigenvalue weighted by Crippen LogP contribution is 2.54. The molecule has 21 heavy (non-hydrogen) atoms. The van der Waals surface area contributed by atoms with Crippen LogP contribution in [-0.2, 0) is 10.2 Å². The van der Waals surface area contributed by atoms with Crippen LogP contribution in [0.4, 0.5) is 0 Å². The zero-order valence-corrected chi connectivity index (χ0v) is 13.9. The lowest BCUT2D eigenvalue weighted by Crippen LogP contribution is -2.38. The van der Waals surface area contributed by atoms with Crippen molar-refractivity contribution in [1.29, 1.82) is 0 Å². The predicted octanol–water partition coefficient (Wildman–Crippen LogP) is 4.25. The standard InChI is InChI=1S/C19H29NO/c1-5-12-20(18(21)15(3)6-2)14-17-13-19(17,4)16-10-8-7-9-11-16/h7-11,15,17H,5-6,12-14H2,1-4H3. The van der Waals surface area contributed by atoms with E-state index in [0.29, 0.717) is 11.8 Å². The Kier molecular flexibility index (Phi) is 5.08. The van der Waals surface area contributed by atoms with Crippen molar-refractivity contribution in [3.8, 4) is 0 Å². The van der Waals surface area contributed by atoms with Crippen LogP contribution >= 0.6 is 0 Å². The van der Waals surface area contributed by atoms with E-state index in [2.05, 4.69) is 56.0 Å². The molecule has 1 aromatic rings. The lowest BCUT2D eigenvalue weighted by molar-refractivity contribution is -0.135. The molecule has 0 spiro atoms. The Morgan fingerprint density at radius 2 is 2.00 bits per heavy atom. The summed E-state index contributed by atoms with van der Waals surface area (Å²) in [6.07, 6.45) is 3.17. The Morgan fingerprint density at radius 1 is 1.33 bits per heavy atom. The molecule has 0 heterocycles. The molecule has 0 aromatic heterocycles. The predicted molar refractivity (Wildman–Crippen MR) is 88.2 cm³/mol. The quantitative estimate of drug-likeness (QED) is 0.734. The Hall–Kier alpha value is -1.31. The van der Waals surface area contributed by atoms with Gasteiger partial charge in [-0.2, -0.15) is 0 Å². The number of hydrogen-bond acceptors (Lipinski definition) is 1. The molecule has 0 N–H and O–H groups in total. The van der Waals surface area contributed by atoms with Crippen LogP contribution in [0.15, 0.2) is 30.3 Å². The monoisotopic (exact) mass is 287 g/mol. The minimum atomic E-state index is 0.151. The van der Waals surface area contributed by atoms with E-state index in [1.807, 2.05) is 6.92 Å². The van der Waals surface area contributed by atoms with E-state index in [1.165, 1.54) is 12.0 Å². The van der Waals surface area contributed by atoms with Crippen molar-refractivity contribution in [2.24, 2.45) is 11.8 Å². The molecule has 3 unspecified atom stereocenters. The summed E-state index contributed by atoms with van der Waals surface area (Å²) in [4.78, 5) is 14.6. The van der Waals surface area contributed by atoms with Crippen molar-refractivity contribution in [3.05, 3.63) is 35.9 Å². The summed E-state index contributed by atoms with van der Waals surface area (Å²) >= 11 is 0. The zero-order valence-electron chi connectivity index (χ0n) is 13.9. The van der Waals surface area contributed by atoms with E-state index in [0.717, 1.165) is 25.9 Å². The van der Waals surface area contributed by atoms with E-state index in [-0.39, 0.29) is 11.3 Å². The first-order chi connectivity index (χ1) is 10.0. The number of nitrogens with zero attached hydrogens (tertiary/aromatic N) is 1. The van der Waals surface area contributed by atoms with Crippen molar-refractivity contribution < 1.29 is 4.79 Å². The molecular weight excluding hydrogens is 258 g/mol. The number of carbonyl (C=O) groups excluding carboxylic acids is 1. The average molecular weight is 287 g/mol. The van der Waals surface area contributed by atoms with Crippen molar-refractivity contribution in [2.75, 3.05) is 13.1 Å². The van der Waals surface area contributed by atoms with E-state index in [1.54, 1.807) is 0 Å². The normalized spacial score (nSPS) is 25.4. The molecule has 1 fully saturated rings. The topological polar surface area (TPSA) is 20.3 Å². The summed E-state index contributed by atoms with van der Waals surface area (Å²) in [6, 6.07) is 10.7. The van der Waals surface area contributed by atoms with Crippen LogP contribution in [0.25, 0.3) is 0 Å². The molecule has 3 atom stereocenters. The summed E-state index contributed by atoms with van der Waals surface area (Å²) in [5.74, 6) is 1.10. The summed E-state index contributed by atoms with van der Waals surface area (Å²) in [6.45, 7) is 10.4. The third-order valence-corrected chi connectivity index (χ3v) is 5.12. The maximum atomic E-state index is 12.5. The van der Waals surface area contributed by atoms with Gasteiger partial charge in [0, 0.05) is 19.0 Å². The van der Waals surface area contributed by atoms with Crippen molar-refractivity contribution >= 4 is 5.91 Å². The highest BCUT2D eigenvalue weighted by molar-refractivity contribution is 5.78. The summed E-state index contributed by atoms with van der Waals surface area (Å²) in [5.41, 5.74) is 1.69. The van der Waals surface area contributed by atoms with E-state index >= 15 is 0 Å². The third-order valence-electron chi connectivity index (χ3n) is 5.12. The molecule has 0 radical (unpaired) electrons. The molecule has 1 amide bonds. The second-order valence-electron chi connectivity index (χ2n) is 6.78. The van der Waals surface area contributed by atoms with E-state index < -0.39 is 0 Å². The summed E-state index contributed by atoms with van der Waals surface area (Å²) in [5, 5.41) is 0. The molecule has 1 saturated carbocycles. The minimum absolute atomic E-state index is 0.151. The van der Waals surface area contributed by atoms with Gasteiger partial charge >= 0.3 is 0 Å². The smallest absolute Gasteiger partial charge is 0.225 e. The van der Waals surface area contributed by atoms with Crippen LogP contribution in [0.5, 0.6) is 0 Å². The first-order valence-electron chi connectivity index (χ1n) is 8.37. The fraction of sp³-hybridized carbons (Fsp3) is 0.632. The van der Waals surface area contributed by atoms with Gasteiger partial charge in [-0.1, -0.05) is 58.0 Å². The number of carbonyl (C=O) groups is 1. The molecule has 1 aliphatic carbocycles. The fourth-order valence-electron chi connectivity index (χ4n) is 3.21. The molecule has 0 bridgehead atoms. The van der Waals surface area contributed by atoms with Gasteiger partial charge in [0.15, 0.2) is 0 Å². The number of benzene rings is 1. The first kappa shape index (κ1) is 16.1. The lowest BCUT2D eigenvalue weighted by atomic mass is 9.95. The first-order valence-corrected chi connectivity index (χ1v) is 8.37. The van der Waals surface area contributed by atoms with Crippen LogP contribution in [0, 0.1) is 11.8 Å². The van der Waals surface area contributed by atoms with E-state index in [4.69, 9.17) is 0 Å². The van der Waals surface area contributed by atoms with Gasteiger partial charge in [0.05, 0.1) is 0 Å². The Morgan fingerprint density at radius 3 is 2.57 bits per heavy atom. The van der Waals surface area contributed by atoms with Gasteiger partial charge < -0.3 is 4.90 Å². The summed E-state index contributed by atoms with van der Waals surface area (Å²) < 4.78 is 0. The summed E-state index contributed by atoms with van der Waals surface area (Å²) in [7, 11) is 0. The molecule has 0 saturated heterocycles. The number of amides is 1. The van der Waals surface area contributed by atoms with Crippen molar-refractivity contribution in [1.82, 2.24) is 4.90 Å². The van der Waals surface area contributed by atoms with Crippen LogP contribution in [0.1, 0.15) is 52.5 Å². The molecule has 2 heteroatoms. The van der Waals surface area contributed by atoms with Gasteiger partial charge in [0.25, 0.3) is 0 Å². The Bertz CT molecular complexity index is 470. The molecule has 1 aliphatic rings. The van der Waals surface area contributed by atoms with Gasteiger partial charge in [-0.3, -0.25) is 4.79 Å². The zero-order chi connectivity index (χ0) is 15.5. The van der Waals surface area contributed by atoms with Crippen LogP contribution < -0.4 is 0 Å². The highest BCUT2D eigenvalue weighted by atomic mass is 16.2. The second-order valence-corrected chi connectivity index (χ2v) is 6.78. The van der Waals surface area contributed by atoms with Crippen LogP contribution in [-0.4, -0.2) is 23.9 Å². The Balaban J connectivity index is 2.02. The SMILES string of the molecule is CCCN(CC1CC1(C)c1ccccc1)C(=O)C(C)CC. The molecule has 116 valence electrons. The average Bonchev–Trinajstić information content (AvgIpc) is 3.17. The molecule has 2 rings (SSSR count). The fourth-order valence-corrected chi connectivity index (χ4v) is 3.21. The lowest BCUT2D eigenvalue weighted by Gasteiger charge is -2.26. The molecule has 0 aliphatic heterocycles. The third kappa shape index (κ3) is 3.48. The number of rotatable bonds is 7. The number of hydrogen-bond donors (Lipinski definition) is 0. The largest absolute Gasteiger partial charge is 0.342 e. The van der Waals surface area contributed by atoms with Gasteiger partial charge in [-0.15, -0.1) is 0 Å². The van der Waals surface area contributed by atoms with Gasteiger partial charge in [-0.05, 0) is 36.2 Å². The van der Waals surface area contributed by atoms with Gasteiger partial charge in [-0.25, -0.2) is 0 Å². The van der Waals surface area contributed by atoms with Crippen molar-refractivity contribution in [2.45, 2.75) is 52.4 Å². The van der Waals surface area contributed by atoms with E-state index in [9.17, 15) is 4.79 Å². The maximum Gasteiger partial charge on any atom is 0.225 e. The van der Waals surface area contributed by atoms with Crippen LogP contribution in [0.3, 0.4) is 0 Å². The van der Waals surface area contributed by atoms with Gasteiger partial charge in [0.1, 0.15) is 0 Å². The van der Waals surface area contributed by atoms with Gasteiger partial charge in [0.2, 0.25) is 5.91 Å². The molecular formula is C19H29NO. The second kappa shape index (κ2) is 6.64. The minimum Gasteiger partial charge on any atom is -0.342 e. The molecule has 1 aromatic carbocycles. The molecule has 2 nitrogen and oxygen atoms in total. The van der Waals surface area contributed by atoms with Crippen LogP contribution in [0.2, 0.25) is 0 Å². The van der Waals surface area contributed by atoms with Crippen molar-refractivity contribution in [3.63, 3.8) is 0 Å².